The third-order valence-electron chi connectivity index (χ3n) is 11.5. The SMILES string of the molecule is CC1(C)c2ccccc2-c2cc(-c3ccccc3)c(-c3cccc(-c4cccc(-c5nc(-c6ccccc6)cc(-c6cccc(-c7ccccc7)c6)n5)c4)c3)cc21. The number of nitrogens with zero attached hydrogens (tertiary/aromatic N) is 2. The van der Waals surface area contributed by atoms with E-state index in [4.69, 9.17) is 9.97 Å². The van der Waals surface area contributed by atoms with Gasteiger partial charge in [0.15, 0.2) is 5.82 Å². The van der Waals surface area contributed by atoms with E-state index in [-0.39, 0.29) is 5.41 Å². The van der Waals surface area contributed by atoms with Crippen LogP contribution in [-0.2, 0) is 5.41 Å². The number of fused-ring (bicyclic) bond motifs is 3. The second-order valence-electron chi connectivity index (χ2n) is 15.4. The number of hydrogen-bond acceptors (Lipinski definition) is 2. The minimum atomic E-state index is -0.0994. The Balaban J connectivity index is 1.08. The van der Waals surface area contributed by atoms with Crippen molar-refractivity contribution in [3.8, 4) is 89.5 Å². The predicted octanol–water partition coefficient (Wildman–Crippen LogP) is 14.5. The summed E-state index contributed by atoms with van der Waals surface area (Å²) in [6, 6.07) is 73.8. The van der Waals surface area contributed by atoms with Crippen molar-refractivity contribution in [2.24, 2.45) is 0 Å². The molecule has 1 aliphatic rings. The molecule has 0 unspecified atom stereocenters. The minimum Gasteiger partial charge on any atom is -0.228 e. The molecule has 2 nitrogen and oxygen atoms in total. The predicted molar refractivity (Wildman–Crippen MR) is 238 cm³/mol. The second-order valence-corrected chi connectivity index (χ2v) is 15.4. The number of hydrogen-bond donors (Lipinski definition) is 0. The van der Waals surface area contributed by atoms with Crippen LogP contribution in [0.15, 0.2) is 206 Å². The van der Waals surface area contributed by atoms with Gasteiger partial charge in [0, 0.05) is 22.1 Å². The van der Waals surface area contributed by atoms with Gasteiger partial charge >= 0.3 is 0 Å². The van der Waals surface area contributed by atoms with Crippen molar-refractivity contribution in [2.45, 2.75) is 19.3 Å². The smallest absolute Gasteiger partial charge is 0.160 e. The Morgan fingerprint density at radius 1 is 0.281 bits per heavy atom. The van der Waals surface area contributed by atoms with Crippen LogP contribution in [0.2, 0.25) is 0 Å². The maximum atomic E-state index is 5.23. The van der Waals surface area contributed by atoms with Gasteiger partial charge in [0.05, 0.1) is 11.4 Å². The molecule has 0 saturated heterocycles. The Labute approximate surface area is 334 Å². The molecule has 57 heavy (non-hydrogen) atoms. The molecule has 0 N–H and O–H groups in total. The fraction of sp³-hybridized carbons (Fsp3) is 0.0545. The lowest BCUT2D eigenvalue weighted by Gasteiger charge is -2.23. The first-order valence-corrected chi connectivity index (χ1v) is 19.6. The normalized spacial score (nSPS) is 12.5. The highest BCUT2D eigenvalue weighted by Gasteiger charge is 2.36. The molecule has 0 aliphatic heterocycles. The van der Waals surface area contributed by atoms with Crippen LogP contribution >= 0.6 is 0 Å². The van der Waals surface area contributed by atoms with E-state index < -0.39 is 0 Å². The lowest BCUT2D eigenvalue weighted by molar-refractivity contribution is 0.660. The average molecular weight is 729 g/mol. The lowest BCUT2D eigenvalue weighted by atomic mass is 9.80. The lowest BCUT2D eigenvalue weighted by Crippen LogP contribution is -2.15. The molecule has 0 saturated carbocycles. The highest BCUT2D eigenvalue weighted by atomic mass is 14.9. The van der Waals surface area contributed by atoms with Crippen LogP contribution < -0.4 is 0 Å². The average Bonchev–Trinajstić information content (AvgIpc) is 3.51. The third kappa shape index (κ3) is 6.36. The van der Waals surface area contributed by atoms with Gasteiger partial charge in [0.2, 0.25) is 0 Å². The van der Waals surface area contributed by atoms with Crippen molar-refractivity contribution in [2.75, 3.05) is 0 Å². The van der Waals surface area contributed by atoms with E-state index >= 15 is 0 Å². The highest BCUT2D eigenvalue weighted by molar-refractivity contribution is 5.93. The van der Waals surface area contributed by atoms with Gasteiger partial charge < -0.3 is 0 Å². The summed E-state index contributed by atoms with van der Waals surface area (Å²) in [6.45, 7) is 4.71. The highest BCUT2D eigenvalue weighted by Crippen LogP contribution is 2.52. The van der Waals surface area contributed by atoms with E-state index in [1.807, 2.05) is 6.07 Å². The van der Waals surface area contributed by atoms with Gasteiger partial charge in [-0.05, 0) is 103 Å². The molecule has 1 heterocycles. The summed E-state index contributed by atoms with van der Waals surface area (Å²) < 4.78 is 0. The molecule has 0 fully saturated rings. The topological polar surface area (TPSA) is 25.8 Å². The first-order chi connectivity index (χ1) is 28.0. The van der Waals surface area contributed by atoms with E-state index in [2.05, 4.69) is 214 Å². The molecular formula is C55H40N2. The Kier molecular flexibility index (Phi) is 8.53. The van der Waals surface area contributed by atoms with Crippen molar-refractivity contribution in [3.05, 3.63) is 217 Å². The molecule has 0 amide bonds. The third-order valence-corrected chi connectivity index (χ3v) is 11.5. The zero-order chi connectivity index (χ0) is 38.3. The first-order valence-electron chi connectivity index (χ1n) is 19.6. The van der Waals surface area contributed by atoms with Crippen LogP contribution in [0.3, 0.4) is 0 Å². The molecule has 1 aromatic heterocycles. The minimum absolute atomic E-state index is 0.0994. The summed E-state index contributed by atoms with van der Waals surface area (Å²) in [5.74, 6) is 0.696. The van der Waals surface area contributed by atoms with Crippen LogP contribution in [0.1, 0.15) is 25.0 Å². The maximum absolute atomic E-state index is 5.23. The van der Waals surface area contributed by atoms with Crippen LogP contribution in [0.25, 0.3) is 89.5 Å². The van der Waals surface area contributed by atoms with Gasteiger partial charge in [0.25, 0.3) is 0 Å². The summed E-state index contributed by atoms with van der Waals surface area (Å²) in [5.41, 5.74) is 19.6. The summed E-state index contributed by atoms with van der Waals surface area (Å²) >= 11 is 0. The van der Waals surface area contributed by atoms with Gasteiger partial charge in [-0.3, -0.25) is 0 Å². The fourth-order valence-electron chi connectivity index (χ4n) is 8.52. The standard InChI is InChI=1S/C55H40N2/c1-55(2)50-30-13-12-29-46(50)49-34-47(38-19-8-4-9-20-38)48(35-51(49)55)43-26-14-24-41(31-43)42-25-16-28-45(33-42)54-56-52(39-21-10-5-11-22-39)36-53(57-54)44-27-15-23-40(32-44)37-17-6-3-7-18-37/h3-36H,1-2H3. The van der Waals surface area contributed by atoms with E-state index in [9.17, 15) is 0 Å². The number of rotatable bonds is 7. The maximum Gasteiger partial charge on any atom is 0.160 e. The molecule has 9 aromatic rings. The Bertz CT molecular complexity index is 2910. The van der Waals surface area contributed by atoms with Gasteiger partial charge in [-0.25, -0.2) is 9.97 Å². The van der Waals surface area contributed by atoms with E-state index in [1.54, 1.807) is 0 Å². The molecule has 0 radical (unpaired) electrons. The molecular weight excluding hydrogens is 689 g/mol. The van der Waals surface area contributed by atoms with Crippen LogP contribution in [0.5, 0.6) is 0 Å². The molecule has 0 bridgehead atoms. The Morgan fingerprint density at radius 2 is 0.737 bits per heavy atom. The first kappa shape index (κ1) is 34.3. The van der Waals surface area contributed by atoms with E-state index in [0.29, 0.717) is 5.82 Å². The van der Waals surface area contributed by atoms with Gasteiger partial charge in [-0.1, -0.05) is 184 Å². The summed E-state index contributed by atoms with van der Waals surface area (Å²) in [6.07, 6.45) is 0. The van der Waals surface area contributed by atoms with Crippen LogP contribution in [0, 0.1) is 0 Å². The van der Waals surface area contributed by atoms with Crippen LogP contribution in [0.4, 0.5) is 0 Å². The number of benzene rings is 8. The second kappa shape index (κ2) is 14.2. The van der Waals surface area contributed by atoms with Crippen molar-refractivity contribution in [1.29, 1.82) is 0 Å². The van der Waals surface area contributed by atoms with Crippen molar-refractivity contribution >= 4 is 0 Å². The van der Waals surface area contributed by atoms with Gasteiger partial charge in [-0.2, -0.15) is 0 Å². The van der Waals surface area contributed by atoms with Crippen molar-refractivity contribution < 1.29 is 0 Å². The van der Waals surface area contributed by atoms with Gasteiger partial charge in [0.1, 0.15) is 0 Å². The monoisotopic (exact) mass is 728 g/mol. The van der Waals surface area contributed by atoms with E-state index in [0.717, 1.165) is 44.8 Å². The summed E-state index contributed by atoms with van der Waals surface area (Å²) in [4.78, 5) is 10.4. The largest absolute Gasteiger partial charge is 0.228 e. The summed E-state index contributed by atoms with van der Waals surface area (Å²) in [7, 11) is 0. The molecule has 2 heteroatoms. The Morgan fingerprint density at radius 3 is 1.42 bits per heavy atom. The molecule has 270 valence electrons. The van der Waals surface area contributed by atoms with Crippen molar-refractivity contribution in [1.82, 2.24) is 9.97 Å². The van der Waals surface area contributed by atoms with Crippen LogP contribution in [-0.4, -0.2) is 9.97 Å². The molecule has 1 aliphatic carbocycles. The van der Waals surface area contributed by atoms with Gasteiger partial charge in [-0.15, -0.1) is 0 Å². The zero-order valence-electron chi connectivity index (χ0n) is 32.0. The molecule has 10 rings (SSSR count). The molecule has 8 aromatic carbocycles. The number of aromatic nitrogens is 2. The van der Waals surface area contributed by atoms with E-state index in [1.165, 1.54) is 50.1 Å². The Hall–Kier alpha value is -7.16. The fourth-order valence-corrected chi connectivity index (χ4v) is 8.52. The summed E-state index contributed by atoms with van der Waals surface area (Å²) in [5, 5.41) is 0. The molecule has 0 spiro atoms. The van der Waals surface area contributed by atoms with Crippen molar-refractivity contribution in [3.63, 3.8) is 0 Å². The molecule has 0 atom stereocenters. The quantitative estimate of drug-likeness (QED) is 0.163. The zero-order valence-corrected chi connectivity index (χ0v) is 32.0.